The lowest BCUT2D eigenvalue weighted by Crippen LogP contribution is -2.48. The van der Waals surface area contributed by atoms with E-state index >= 15 is 0 Å². The predicted octanol–water partition coefficient (Wildman–Crippen LogP) is 2.17. The number of anilines is 1. The normalized spacial score (nSPS) is 20.0. The molecule has 0 saturated carbocycles. The number of nitrogens with one attached hydrogen (secondary N) is 1. The number of aryl methyl sites for hydroxylation is 1. The van der Waals surface area contributed by atoms with Crippen LogP contribution in [0.15, 0.2) is 18.2 Å². The van der Waals surface area contributed by atoms with E-state index in [1.807, 2.05) is 6.92 Å². The van der Waals surface area contributed by atoms with Gasteiger partial charge in [0, 0.05) is 31.6 Å². The zero-order chi connectivity index (χ0) is 16.3. The minimum Gasteiger partial charge on any atom is -0.376 e. The fraction of sp³-hybridized carbons (Fsp3) is 0.588. The molecule has 3 rings (SSSR count). The van der Waals surface area contributed by atoms with E-state index in [1.165, 1.54) is 6.07 Å². The summed E-state index contributed by atoms with van der Waals surface area (Å²) in [5, 5.41) is 3.00. The van der Waals surface area contributed by atoms with Crippen molar-refractivity contribution >= 4 is 11.6 Å². The second-order valence-corrected chi connectivity index (χ2v) is 6.00. The van der Waals surface area contributed by atoms with Crippen molar-refractivity contribution in [1.29, 1.82) is 0 Å². The van der Waals surface area contributed by atoms with Gasteiger partial charge in [-0.15, -0.1) is 0 Å². The molecule has 126 valence electrons. The van der Waals surface area contributed by atoms with Crippen molar-refractivity contribution in [2.75, 3.05) is 38.2 Å². The number of hydrogen-bond donors (Lipinski definition) is 1. The zero-order valence-electron chi connectivity index (χ0n) is 13.4. The van der Waals surface area contributed by atoms with Crippen LogP contribution in [0.4, 0.5) is 10.1 Å². The molecule has 6 heteroatoms. The molecule has 0 bridgehead atoms. The predicted molar refractivity (Wildman–Crippen MR) is 84.7 cm³/mol. The van der Waals surface area contributed by atoms with Crippen LogP contribution in [-0.4, -0.2) is 49.4 Å². The minimum atomic E-state index is -0.469. The van der Waals surface area contributed by atoms with E-state index in [2.05, 4.69) is 5.32 Å². The number of carbonyl (C=O) groups excluding carboxylic acids is 1. The molecule has 0 radical (unpaired) electrons. The second kappa shape index (κ2) is 6.84. The first-order valence-electron chi connectivity index (χ1n) is 8.20. The molecular weight excluding hydrogens is 299 g/mol. The smallest absolute Gasteiger partial charge is 0.241 e. The van der Waals surface area contributed by atoms with Gasteiger partial charge < -0.3 is 19.7 Å². The maximum atomic E-state index is 13.7. The Morgan fingerprint density at radius 2 is 2.00 bits per heavy atom. The Labute approximate surface area is 135 Å². The van der Waals surface area contributed by atoms with Crippen molar-refractivity contribution in [3.8, 4) is 0 Å². The largest absolute Gasteiger partial charge is 0.376 e. The van der Waals surface area contributed by atoms with Crippen molar-refractivity contribution in [2.45, 2.75) is 32.0 Å². The highest BCUT2D eigenvalue weighted by molar-refractivity contribution is 5.81. The summed E-state index contributed by atoms with van der Waals surface area (Å²) < 4.78 is 25.0. The SMILES string of the molecule is CCc1ccc(NCC(=O)N2CCC3(CC2)OCCO3)cc1F. The van der Waals surface area contributed by atoms with E-state index in [0.29, 0.717) is 56.8 Å². The number of carbonyl (C=O) groups is 1. The molecule has 1 spiro atoms. The summed E-state index contributed by atoms with van der Waals surface area (Å²) in [7, 11) is 0. The third kappa shape index (κ3) is 3.64. The first kappa shape index (κ1) is 16.2. The molecule has 2 saturated heterocycles. The van der Waals surface area contributed by atoms with Crippen molar-refractivity contribution in [3.63, 3.8) is 0 Å². The number of benzene rings is 1. The van der Waals surface area contributed by atoms with Gasteiger partial charge in [-0.25, -0.2) is 4.39 Å². The average Bonchev–Trinajstić information content (AvgIpc) is 3.01. The lowest BCUT2D eigenvalue weighted by molar-refractivity contribution is -0.187. The Hall–Kier alpha value is -1.66. The van der Waals surface area contributed by atoms with Gasteiger partial charge in [0.1, 0.15) is 5.82 Å². The molecular formula is C17H23FN2O3. The number of halogens is 1. The van der Waals surface area contributed by atoms with Crippen LogP contribution in [0.2, 0.25) is 0 Å². The lowest BCUT2D eigenvalue weighted by atomic mass is 10.0. The maximum Gasteiger partial charge on any atom is 0.241 e. The highest BCUT2D eigenvalue weighted by Crippen LogP contribution is 2.31. The van der Waals surface area contributed by atoms with Crippen LogP contribution in [0.1, 0.15) is 25.3 Å². The molecule has 1 amide bonds. The molecule has 2 fully saturated rings. The number of likely N-dealkylation sites (tertiary alicyclic amines) is 1. The third-order valence-corrected chi connectivity index (χ3v) is 4.57. The van der Waals surface area contributed by atoms with Gasteiger partial charge in [-0.1, -0.05) is 13.0 Å². The molecule has 2 aliphatic rings. The molecule has 2 aliphatic heterocycles. The van der Waals surface area contributed by atoms with Crippen LogP contribution < -0.4 is 5.32 Å². The average molecular weight is 322 g/mol. The first-order valence-corrected chi connectivity index (χ1v) is 8.20. The van der Waals surface area contributed by atoms with Crippen LogP contribution in [0.25, 0.3) is 0 Å². The number of rotatable bonds is 4. The number of piperidine rings is 1. The van der Waals surface area contributed by atoms with Gasteiger partial charge in [0.05, 0.1) is 19.8 Å². The number of ether oxygens (including phenoxy) is 2. The van der Waals surface area contributed by atoms with Crippen molar-refractivity contribution in [1.82, 2.24) is 4.90 Å². The topological polar surface area (TPSA) is 50.8 Å². The minimum absolute atomic E-state index is 0.0119. The lowest BCUT2D eigenvalue weighted by Gasteiger charge is -2.37. The van der Waals surface area contributed by atoms with Crippen molar-refractivity contribution in [2.24, 2.45) is 0 Å². The van der Waals surface area contributed by atoms with E-state index in [4.69, 9.17) is 9.47 Å². The summed E-state index contributed by atoms with van der Waals surface area (Å²) in [5.41, 5.74) is 1.31. The molecule has 1 N–H and O–H groups in total. The number of hydrogen-bond acceptors (Lipinski definition) is 4. The highest BCUT2D eigenvalue weighted by atomic mass is 19.1. The Bertz CT molecular complexity index is 563. The standard InChI is InChI=1S/C17H23FN2O3/c1-2-13-3-4-14(11-15(13)18)19-12-16(21)20-7-5-17(6-8-20)22-9-10-23-17/h3-4,11,19H,2,5-10,12H2,1H3. The monoisotopic (exact) mass is 322 g/mol. The van der Waals surface area contributed by atoms with Crippen LogP contribution in [-0.2, 0) is 20.7 Å². The Morgan fingerprint density at radius 3 is 2.61 bits per heavy atom. The van der Waals surface area contributed by atoms with Gasteiger partial charge in [-0.2, -0.15) is 0 Å². The molecule has 0 atom stereocenters. The van der Waals surface area contributed by atoms with Crippen LogP contribution in [0, 0.1) is 5.82 Å². The van der Waals surface area contributed by atoms with E-state index < -0.39 is 5.79 Å². The van der Waals surface area contributed by atoms with Crippen LogP contribution >= 0.6 is 0 Å². The van der Waals surface area contributed by atoms with E-state index in [0.717, 1.165) is 0 Å². The molecule has 0 aliphatic carbocycles. The van der Waals surface area contributed by atoms with Crippen LogP contribution in [0.5, 0.6) is 0 Å². The van der Waals surface area contributed by atoms with Gasteiger partial charge in [-0.3, -0.25) is 4.79 Å². The van der Waals surface area contributed by atoms with Gasteiger partial charge in [0.25, 0.3) is 0 Å². The molecule has 23 heavy (non-hydrogen) atoms. The van der Waals surface area contributed by atoms with Gasteiger partial charge in [-0.05, 0) is 24.1 Å². The van der Waals surface area contributed by atoms with Gasteiger partial charge in [0.15, 0.2) is 5.79 Å². The molecule has 0 aromatic heterocycles. The summed E-state index contributed by atoms with van der Waals surface area (Å²) in [4.78, 5) is 14.1. The fourth-order valence-corrected chi connectivity index (χ4v) is 3.12. The summed E-state index contributed by atoms with van der Waals surface area (Å²) in [6.07, 6.45) is 2.07. The Balaban J connectivity index is 1.49. The summed E-state index contributed by atoms with van der Waals surface area (Å²) >= 11 is 0. The first-order chi connectivity index (χ1) is 11.1. The van der Waals surface area contributed by atoms with Crippen molar-refractivity contribution in [3.05, 3.63) is 29.6 Å². The van der Waals surface area contributed by atoms with E-state index in [-0.39, 0.29) is 18.3 Å². The third-order valence-electron chi connectivity index (χ3n) is 4.57. The summed E-state index contributed by atoms with van der Waals surface area (Å²) in [6, 6.07) is 5.00. The molecule has 0 unspecified atom stereocenters. The fourth-order valence-electron chi connectivity index (χ4n) is 3.12. The Morgan fingerprint density at radius 1 is 1.30 bits per heavy atom. The summed E-state index contributed by atoms with van der Waals surface area (Å²) in [6.45, 7) is 4.60. The number of nitrogens with zero attached hydrogens (tertiary/aromatic N) is 1. The number of amides is 1. The molecule has 1 aromatic carbocycles. The molecule has 5 nitrogen and oxygen atoms in total. The van der Waals surface area contributed by atoms with Crippen LogP contribution in [0.3, 0.4) is 0 Å². The Kier molecular flexibility index (Phi) is 4.82. The zero-order valence-corrected chi connectivity index (χ0v) is 13.4. The van der Waals surface area contributed by atoms with Crippen molar-refractivity contribution < 1.29 is 18.7 Å². The maximum absolute atomic E-state index is 13.7. The molecule has 1 aromatic rings. The van der Waals surface area contributed by atoms with E-state index in [1.54, 1.807) is 17.0 Å². The van der Waals surface area contributed by atoms with E-state index in [9.17, 15) is 9.18 Å². The van der Waals surface area contributed by atoms with Gasteiger partial charge in [0.2, 0.25) is 5.91 Å². The second-order valence-electron chi connectivity index (χ2n) is 6.00. The quantitative estimate of drug-likeness (QED) is 0.923. The summed E-state index contributed by atoms with van der Waals surface area (Å²) in [5.74, 6) is -0.693. The highest BCUT2D eigenvalue weighted by Gasteiger charge is 2.40. The van der Waals surface area contributed by atoms with Gasteiger partial charge >= 0.3 is 0 Å². The molecule has 2 heterocycles.